The van der Waals surface area contributed by atoms with E-state index in [-0.39, 0.29) is 34.5 Å². The van der Waals surface area contributed by atoms with Crippen molar-refractivity contribution in [1.29, 1.82) is 0 Å². The zero-order valence-electron chi connectivity index (χ0n) is 27.5. The van der Waals surface area contributed by atoms with Gasteiger partial charge >= 0.3 is 0 Å². The van der Waals surface area contributed by atoms with Gasteiger partial charge in [-0.1, -0.05) is 42.5 Å². The van der Waals surface area contributed by atoms with Gasteiger partial charge in [0.25, 0.3) is 0 Å². The molecule has 49 heavy (non-hydrogen) atoms. The van der Waals surface area contributed by atoms with E-state index >= 15 is 0 Å². The van der Waals surface area contributed by atoms with Gasteiger partial charge in [0.2, 0.25) is 10.0 Å². The number of nitrogens with one attached hydrogen (secondary N) is 1. The number of piperidine rings is 1. The van der Waals surface area contributed by atoms with Crippen LogP contribution in [0, 0.1) is 0 Å². The maximum Gasteiger partial charge on any atom is 0.243 e. The van der Waals surface area contributed by atoms with Crippen LogP contribution in [0.25, 0.3) is 11.1 Å². The van der Waals surface area contributed by atoms with Crippen LogP contribution in [0.2, 0.25) is 0 Å². The summed E-state index contributed by atoms with van der Waals surface area (Å²) in [4.78, 5) is 0.376. The molecule has 5 N–H and O–H groups in total. The van der Waals surface area contributed by atoms with Crippen molar-refractivity contribution >= 4 is 19.9 Å². The molecular weight excluding hydrogens is 667 g/mol. The van der Waals surface area contributed by atoms with Gasteiger partial charge in [-0.2, -0.15) is 4.31 Å². The molecule has 2 heterocycles. The molecule has 0 aromatic heterocycles. The van der Waals surface area contributed by atoms with Crippen molar-refractivity contribution in [2.24, 2.45) is 5.73 Å². The quantitative estimate of drug-likeness (QED) is 0.207. The number of nitrogens with zero attached hydrogens (tertiary/aromatic N) is 1. The number of nitrogens with two attached hydrogens (primary N) is 1. The first kappa shape index (κ1) is 34.6. The third-order valence-corrected chi connectivity index (χ3v) is 15.2. The number of sulfone groups is 1. The van der Waals surface area contributed by atoms with Crippen molar-refractivity contribution in [2.75, 3.05) is 39.5 Å². The average Bonchev–Trinajstić information content (AvgIpc) is 4.05. The number of hydrogen-bond donors (Lipinski definition) is 4. The van der Waals surface area contributed by atoms with Gasteiger partial charge in [-0.05, 0) is 92.0 Å². The monoisotopic (exact) mass is 711 g/mol. The first-order valence-electron chi connectivity index (χ1n) is 17.0. The van der Waals surface area contributed by atoms with Crippen LogP contribution in [0.15, 0.2) is 82.6 Å². The van der Waals surface area contributed by atoms with Crippen LogP contribution in [0.4, 0.5) is 0 Å². The molecule has 3 aromatic carbocycles. The number of aliphatic hydroxyl groups excluding tert-OH is 2. The van der Waals surface area contributed by atoms with E-state index in [1.807, 2.05) is 30.3 Å². The lowest BCUT2D eigenvalue weighted by Gasteiger charge is -2.38. The van der Waals surface area contributed by atoms with Crippen LogP contribution in [0.1, 0.15) is 50.5 Å². The highest BCUT2D eigenvalue weighted by molar-refractivity contribution is 7.93. The standard InChI is InChI=1S/C36H45N3O8S2/c37-36(13-14-36)28-9-7-26(8-10-28)27-3-1-6-33(19-27)49(44,45)39-17-15-34(16-18-39)21-29(23-47-34)38-22-30(41)24-46-31-4-2-5-32(20-31)48(42,43)35(25-40)11-12-35/h1-10,19-20,29-30,38,40-41H,11-18,21-25,37H2/t29-,30?/m0/s1. The fraction of sp³-hybridized carbons (Fsp3) is 0.500. The van der Waals surface area contributed by atoms with Gasteiger partial charge in [0.1, 0.15) is 18.5 Å². The van der Waals surface area contributed by atoms with E-state index in [4.69, 9.17) is 15.2 Å². The van der Waals surface area contributed by atoms with E-state index in [9.17, 15) is 27.0 Å². The number of benzene rings is 3. The summed E-state index contributed by atoms with van der Waals surface area (Å²) >= 11 is 0. The second-order valence-electron chi connectivity index (χ2n) is 14.3. The molecule has 4 fully saturated rings. The number of aliphatic hydroxyl groups is 2. The molecule has 264 valence electrons. The highest BCUT2D eigenvalue weighted by Gasteiger charge is 2.54. The number of sulfonamides is 1. The SMILES string of the molecule is NC1(c2ccc(-c3cccc(S(=O)(=O)N4CCC5(CC4)C[C@H](NCC(O)COc4cccc(S(=O)(=O)C6(CO)CC6)c4)CO5)c3)cc2)CC1. The van der Waals surface area contributed by atoms with Crippen LogP contribution in [0.3, 0.4) is 0 Å². The highest BCUT2D eigenvalue weighted by Crippen LogP contribution is 2.47. The minimum Gasteiger partial charge on any atom is -0.491 e. The Kier molecular flexibility index (Phi) is 9.19. The van der Waals surface area contributed by atoms with Crippen LogP contribution in [-0.2, 0) is 30.1 Å². The minimum absolute atomic E-state index is 0.00312. The molecule has 13 heteroatoms. The second kappa shape index (κ2) is 13.0. The first-order chi connectivity index (χ1) is 23.4. The van der Waals surface area contributed by atoms with E-state index in [0.29, 0.717) is 57.6 Å². The van der Waals surface area contributed by atoms with Gasteiger partial charge in [0, 0.05) is 31.2 Å². The maximum atomic E-state index is 13.7. The van der Waals surface area contributed by atoms with Crippen LogP contribution in [-0.4, -0.2) is 93.3 Å². The van der Waals surface area contributed by atoms with Gasteiger partial charge in [-0.3, -0.25) is 0 Å². The predicted octanol–water partition coefficient (Wildman–Crippen LogP) is 2.94. The number of hydrogen-bond acceptors (Lipinski definition) is 10. The molecule has 3 aromatic rings. The number of ether oxygens (including phenoxy) is 2. The van der Waals surface area contributed by atoms with Crippen LogP contribution < -0.4 is 15.8 Å². The molecule has 2 saturated carbocycles. The van der Waals surface area contributed by atoms with Crippen molar-refractivity contribution in [3.05, 3.63) is 78.4 Å². The van der Waals surface area contributed by atoms with Crippen LogP contribution in [0.5, 0.6) is 5.75 Å². The first-order valence-corrected chi connectivity index (χ1v) is 19.9. The third-order valence-electron chi connectivity index (χ3n) is 10.8. The van der Waals surface area contributed by atoms with E-state index in [2.05, 4.69) is 5.32 Å². The zero-order valence-corrected chi connectivity index (χ0v) is 29.1. The fourth-order valence-corrected chi connectivity index (χ4v) is 10.4. The summed E-state index contributed by atoms with van der Waals surface area (Å²) in [6, 6.07) is 21.3. The third kappa shape index (κ3) is 6.92. The summed E-state index contributed by atoms with van der Waals surface area (Å²) in [5.41, 5.74) is 8.59. The molecule has 0 bridgehead atoms. The Morgan fingerprint density at radius 1 is 0.898 bits per heavy atom. The fourth-order valence-electron chi connectivity index (χ4n) is 7.05. The van der Waals surface area contributed by atoms with Gasteiger partial charge in [-0.25, -0.2) is 16.8 Å². The summed E-state index contributed by atoms with van der Waals surface area (Å²) in [6.45, 7) is 0.985. The summed E-state index contributed by atoms with van der Waals surface area (Å²) < 4.78 is 65.6. The summed E-state index contributed by atoms with van der Waals surface area (Å²) in [6.07, 6.45) is 3.86. The Hall–Kier alpha value is -2.88. The maximum absolute atomic E-state index is 13.7. The van der Waals surface area contributed by atoms with E-state index in [1.54, 1.807) is 34.6 Å². The molecule has 1 spiro atoms. The second-order valence-corrected chi connectivity index (χ2v) is 18.5. The topological polar surface area (TPSA) is 168 Å². The lowest BCUT2D eigenvalue weighted by Crippen LogP contribution is -2.47. The predicted molar refractivity (Wildman–Crippen MR) is 184 cm³/mol. The van der Waals surface area contributed by atoms with Gasteiger partial charge in [0.15, 0.2) is 9.84 Å². The Labute approximate surface area is 288 Å². The largest absolute Gasteiger partial charge is 0.491 e. The van der Waals surface area contributed by atoms with Gasteiger partial charge in [0.05, 0.1) is 33.4 Å². The molecule has 11 nitrogen and oxygen atoms in total. The molecule has 0 amide bonds. The van der Waals surface area contributed by atoms with Gasteiger partial charge < -0.3 is 30.7 Å². The lowest BCUT2D eigenvalue weighted by atomic mass is 9.88. The number of rotatable bonds is 13. The van der Waals surface area contributed by atoms with Crippen molar-refractivity contribution < 1.29 is 36.5 Å². The Balaban J connectivity index is 0.884. The normalized spacial score (nSPS) is 23.3. The molecule has 2 atom stereocenters. The summed E-state index contributed by atoms with van der Waals surface area (Å²) in [5, 5.41) is 23.5. The lowest BCUT2D eigenvalue weighted by molar-refractivity contribution is -0.0312. The molecule has 0 radical (unpaired) electrons. The molecule has 2 aliphatic carbocycles. The molecular formula is C36H45N3O8S2. The Morgan fingerprint density at radius 2 is 1.59 bits per heavy atom. The summed E-state index contributed by atoms with van der Waals surface area (Å²) in [7, 11) is -7.36. The van der Waals surface area contributed by atoms with Crippen molar-refractivity contribution in [2.45, 2.75) is 82.8 Å². The van der Waals surface area contributed by atoms with Crippen molar-refractivity contribution in [3.8, 4) is 16.9 Å². The molecule has 4 aliphatic rings. The van der Waals surface area contributed by atoms with Gasteiger partial charge in [-0.15, -0.1) is 0 Å². The molecule has 2 aliphatic heterocycles. The zero-order chi connectivity index (χ0) is 34.5. The van der Waals surface area contributed by atoms with E-state index in [0.717, 1.165) is 29.5 Å². The summed E-state index contributed by atoms with van der Waals surface area (Å²) in [5.74, 6) is 0.331. The minimum atomic E-state index is -3.69. The Bertz CT molecular complexity index is 1880. The van der Waals surface area contributed by atoms with Crippen molar-refractivity contribution in [3.63, 3.8) is 0 Å². The molecule has 1 unspecified atom stereocenters. The van der Waals surface area contributed by atoms with E-state index < -0.39 is 42.9 Å². The smallest absolute Gasteiger partial charge is 0.243 e. The highest BCUT2D eigenvalue weighted by atomic mass is 32.2. The molecule has 7 rings (SSSR count). The van der Waals surface area contributed by atoms with E-state index in [1.165, 1.54) is 12.1 Å². The molecule has 2 saturated heterocycles. The average molecular weight is 712 g/mol. The Morgan fingerprint density at radius 3 is 2.27 bits per heavy atom. The van der Waals surface area contributed by atoms with Crippen molar-refractivity contribution in [1.82, 2.24) is 9.62 Å². The van der Waals surface area contributed by atoms with Crippen LogP contribution >= 0.6 is 0 Å².